The van der Waals surface area contributed by atoms with Gasteiger partial charge in [0.25, 0.3) is 5.91 Å². The SMILES string of the molecule is Cc1ncc(CN2CCN(C(=O)c3cccc(C(F)(F)F)c3)CC2)cn1. The van der Waals surface area contributed by atoms with Gasteiger partial charge in [-0.2, -0.15) is 13.2 Å². The molecule has 0 saturated carbocycles. The molecule has 0 bridgehead atoms. The first-order valence-electron chi connectivity index (χ1n) is 8.29. The second kappa shape index (κ2) is 7.41. The first-order chi connectivity index (χ1) is 12.3. The lowest BCUT2D eigenvalue weighted by atomic mass is 10.1. The van der Waals surface area contributed by atoms with E-state index in [0.717, 1.165) is 17.7 Å². The predicted octanol–water partition coefficient (Wildman–Crippen LogP) is 2.76. The largest absolute Gasteiger partial charge is 0.416 e. The van der Waals surface area contributed by atoms with Crippen LogP contribution in [0.15, 0.2) is 36.7 Å². The molecule has 0 N–H and O–H groups in total. The number of hydrogen-bond acceptors (Lipinski definition) is 4. The van der Waals surface area contributed by atoms with E-state index in [9.17, 15) is 18.0 Å². The zero-order valence-electron chi connectivity index (χ0n) is 14.3. The van der Waals surface area contributed by atoms with Crippen molar-refractivity contribution < 1.29 is 18.0 Å². The molecule has 1 aromatic carbocycles. The van der Waals surface area contributed by atoms with Crippen LogP contribution in [0, 0.1) is 6.92 Å². The topological polar surface area (TPSA) is 49.3 Å². The smallest absolute Gasteiger partial charge is 0.336 e. The van der Waals surface area contributed by atoms with Gasteiger partial charge in [-0.25, -0.2) is 9.97 Å². The number of aromatic nitrogens is 2. The van der Waals surface area contributed by atoms with Crippen molar-refractivity contribution in [2.24, 2.45) is 0 Å². The van der Waals surface area contributed by atoms with Crippen LogP contribution in [0.5, 0.6) is 0 Å². The number of hydrogen-bond donors (Lipinski definition) is 0. The van der Waals surface area contributed by atoms with Crippen LogP contribution in [-0.4, -0.2) is 51.9 Å². The maximum Gasteiger partial charge on any atom is 0.416 e. The number of carbonyl (C=O) groups is 1. The Morgan fingerprint density at radius 3 is 2.38 bits per heavy atom. The third-order valence-corrected chi connectivity index (χ3v) is 4.34. The van der Waals surface area contributed by atoms with Crippen LogP contribution in [0.25, 0.3) is 0 Å². The van der Waals surface area contributed by atoms with Crippen molar-refractivity contribution in [2.75, 3.05) is 26.2 Å². The number of piperazine rings is 1. The van der Waals surface area contributed by atoms with Gasteiger partial charge < -0.3 is 4.90 Å². The Morgan fingerprint density at radius 1 is 1.12 bits per heavy atom. The van der Waals surface area contributed by atoms with Crippen molar-refractivity contribution in [1.82, 2.24) is 19.8 Å². The summed E-state index contributed by atoms with van der Waals surface area (Å²) < 4.78 is 38.4. The third-order valence-electron chi connectivity index (χ3n) is 4.34. The lowest BCUT2D eigenvalue weighted by molar-refractivity contribution is -0.137. The van der Waals surface area contributed by atoms with Crippen molar-refractivity contribution in [2.45, 2.75) is 19.6 Å². The van der Waals surface area contributed by atoms with Crippen LogP contribution in [0.4, 0.5) is 13.2 Å². The highest BCUT2D eigenvalue weighted by Gasteiger charge is 2.31. The van der Waals surface area contributed by atoms with Gasteiger partial charge in [0.15, 0.2) is 0 Å². The minimum Gasteiger partial charge on any atom is -0.336 e. The van der Waals surface area contributed by atoms with Gasteiger partial charge >= 0.3 is 6.18 Å². The van der Waals surface area contributed by atoms with Gasteiger partial charge in [0, 0.05) is 56.2 Å². The lowest BCUT2D eigenvalue weighted by Crippen LogP contribution is -2.48. The molecule has 8 heteroatoms. The second-order valence-electron chi connectivity index (χ2n) is 6.29. The second-order valence-corrected chi connectivity index (χ2v) is 6.29. The number of alkyl halides is 3. The highest BCUT2D eigenvalue weighted by molar-refractivity contribution is 5.94. The molecule has 26 heavy (non-hydrogen) atoms. The fraction of sp³-hybridized carbons (Fsp3) is 0.389. The number of carbonyl (C=O) groups excluding carboxylic acids is 1. The number of nitrogens with zero attached hydrogens (tertiary/aromatic N) is 4. The average Bonchev–Trinajstić information content (AvgIpc) is 2.63. The van der Waals surface area contributed by atoms with Crippen molar-refractivity contribution in [3.63, 3.8) is 0 Å². The minimum atomic E-state index is -4.45. The quantitative estimate of drug-likeness (QED) is 0.840. The zero-order chi connectivity index (χ0) is 18.7. The molecule has 0 radical (unpaired) electrons. The summed E-state index contributed by atoms with van der Waals surface area (Å²) in [6.45, 7) is 4.76. The molecule has 1 aromatic heterocycles. The lowest BCUT2D eigenvalue weighted by Gasteiger charge is -2.34. The van der Waals surface area contributed by atoms with Gasteiger partial charge in [-0.05, 0) is 25.1 Å². The Labute approximate surface area is 149 Å². The Hall–Kier alpha value is -2.48. The molecule has 1 aliphatic heterocycles. The van der Waals surface area contributed by atoms with E-state index in [1.54, 1.807) is 17.3 Å². The molecule has 1 aliphatic rings. The summed E-state index contributed by atoms with van der Waals surface area (Å²) in [5.74, 6) is 0.347. The molecule has 1 fully saturated rings. The first kappa shape index (κ1) is 18.3. The van der Waals surface area contributed by atoms with Crippen molar-refractivity contribution in [3.8, 4) is 0 Å². The summed E-state index contributed by atoms with van der Waals surface area (Å²) in [7, 11) is 0. The third kappa shape index (κ3) is 4.37. The summed E-state index contributed by atoms with van der Waals surface area (Å²) in [6, 6.07) is 4.58. The average molecular weight is 364 g/mol. The summed E-state index contributed by atoms with van der Waals surface area (Å²) in [6.07, 6.45) is -0.893. The Morgan fingerprint density at radius 2 is 1.77 bits per heavy atom. The molecule has 5 nitrogen and oxygen atoms in total. The van der Waals surface area contributed by atoms with E-state index in [2.05, 4.69) is 14.9 Å². The molecular weight excluding hydrogens is 345 g/mol. The first-order valence-corrected chi connectivity index (χ1v) is 8.29. The molecule has 0 spiro atoms. The Balaban J connectivity index is 1.59. The highest BCUT2D eigenvalue weighted by atomic mass is 19.4. The molecule has 0 atom stereocenters. The summed E-state index contributed by atoms with van der Waals surface area (Å²) >= 11 is 0. The summed E-state index contributed by atoms with van der Waals surface area (Å²) in [4.78, 5) is 24.6. The number of rotatable bonds is 3. The fourth-order valence-corrected chi connectivity index (χ4v) is 2.88. The predicted molar refractivity (Wildman–Crippen MR) is 89.4 cm³/mol. The van der Waals surface area contributed by atoms with Crippen LogP contribution < -0.4 is 0 Å². The van der Waals surface area contributed by atoms with Gasteiger partial charge in [0.2, 0.25) is 0 Å². The van der Waals surface area contributed by atoms with Crippen molar-refractivity contribution in [1.29, 1.82) is 0 Å². The van der Waals surface area contributed by atoms with E-state index >= 15 is 0 Å². The summed E-state index contributed by atoms with van der Waals surface area (Å²) in [5.41, 5.74) is 0.259. The number of aryl methyl sites for hydroxylation is 1. The zero-order valence-corrected chi connectivity index (χ0v) is 14.3. The van der Waals surface area contributed by atoms with Gasteiger partial charge in [0.05, 0.1) is 5.56 Å². The number of benzene rings is 1. The molecule has 2 heterocycles. The number of amides is 1. The van der Waals surface area contributed by atoms with Crippen LogP contribution in [0.3, 0.4) is 0 Å². The normalized spacial score (nSPS) is 15.9. The van der Waals surface area contributed by atoms with E-state index in [-0.39, 0.29) is 11.5 Å². The Kier molecular flexibility index (Phi) is 5.22. The molecule has 2 aromatic rings. The van der Waals surface area contributed by atoms with Crippen LogP contribution in [0.1, 0.15) is 27.3 Å². The van der Waals surface area contributed by atoms with Gasteiger partial charge in [-0.3, -0.25) is 9.69 Å². The van der Waals surface area contributed by atoms with Gasteiger partial charge in [0.1, 0.15) is 5.82 Å². The maximum absolute atomic E-state index is 12.8. The Bertz CT molecular complexity index is 769. The van der Waals surface area contributed by atoms with E-state index in [0.29, 0.717) is 38.5 Å². The van der Waals surface area contributed by atoms with Crippen molar-refractivity contribution in [3.05, 3.63) is 59.2 Å². The van der Waals surface area contributed by atoms with Crippen molar-refractivity contribution >= 4 is 5.91 Å². The van der Waals surface area contributed by atoms with E-state index in [1.165, 1.54) is 12.1 Å². The number of halogens is 3. The maximum atomic E-state index is 12.8. The highest BCUT2D eigenvalue weighted by Crippen LogP contribution is 2.29. The van der Waals surface area contributed by atoms with Crippen LogP contribution in [-0.2, 0) is 12.7 Å². The fourth-order valence-electron chi connectivity index (χ4n) is 2.88. The molecule has 1 saturated heterocycles. The molecule has 0 unspecified atom stereocenters. The standard InChI is InChI=1S/C18H19F3N4O/c1-13-22-10-14(11-23-13)12-24-5-7-25(8-6-24)17(26)15-3-2-4-16(9-15)18(19,20)21/h2-4,9-11H,5-8,12H2,1H3. The minimum absolute atomic E-state index is 0.0696. The van der Waals surface area contributed by atoms with Gasteiger partial charge in [-0.15, -0.1) is 0 Å². The van der Waals surface area contributed by atoms with Gasteiger partial charge in [-0.1, -0.05) is 6.07 Å². The van der Waals surface area contributed by atoms with E-state index < -0.39 is 11.7 Å². The molecule has 1 amide bonds. The monoisotopic (exact) mass is 364 g/mol. The van der Waals surface area contributed by atoms with E-state index in [1.807, 2.05) is 6.92 Å². The van der Waals surface area contributed by atoms with Crippen LogP contribution >= 0.6 is 0 Å². The molecule has 0 aliphatic carbocycles. The summed E-state index contributed by atoms with van der Waals surface area (Å²) in [5, 5.41) is 0. The molecular formula is C18H19F3N4O. The molecule has 3 rings (SSSR count). The molecule has 138 valence electrons. The van der Waals surface area contributed by atoms with Crippen LogP contribution in [0.2, 0.25) is 0 Å². The van der Waals surface area contributed by atoms with E-state index in [4.69, 9.17) is 0 Å².